The molecule has 55 heavy (non-hydrogen) atoms. The van der Waals surface area contributed by atoms with E-state index in [-0.39, 0.29) is 22.7 Å². The Labute approximate surface area is 320 Å². The Kier molecular flexibility index (Phi) is 14.0. The van der Waals surface area contributed by atoms with E-state index in [9.17, 15) is 37.0 Å². The second-order valence-corrected chi connectivity index (χ2v) is 16.9. The van der Waals surface area contributed by atoms with Crippen LogP contribution in [0.1, 0.15) is 71.6 Å². The molecule has 17 heteroatoms. The number of methoxy groups -OCH3 is 1. The number of aliphatic hydroxyl groups excluding tert-OH is 2. The summed E-state index contributed by atoms with van der Waals surface area (Å²) >= 11 is 0.363. The fourth-order valence-corrected chi connectivity index (χ4v) is 8.93. The molecule has 0 saturated carbocycles. The highest BCUT2D eigenvalue weighted by Crippen LogP contribution is 2.44. The van der Waals surface area contributed by atoms with Gasteiger partial charge in [0.15, 0.2) is 6.04 Å². The van der Waals surface area contributed by atoms with Crippen molar-refractivity contribution >= 4 is 33.4 Å². The minimum Gasteiger partial charge on any atom is -0.452 e. The summed E-state index contributed by atoms with van der Waals surface area (Å²) in [4.78, 5) is 25.6. The number of rotatable bonds is 14. The van der Waals surface area contributed by atoms with Crippen LogP contribution < -0.4 is 5.73 Å². The van der Waals surface area contributed by atoms with Gasteiger partial charge in [-0.15, -0.1) is 11.3 Å². The van der Waals surface area contributed by atoms with E-state index in [0.717, 1.165) is 23.5 Å². The van der Waals surface area contributed by atoms with Gasteiger partial charge in [0.1, 0.15) is 11.6 Å². The Bertz CT molecular complexity index is 1980. The zero-order chi connectivity index (χ0) is 40.9. The molecule has 0 spiro atoms. The van der Waals surface area contributed by atoms with Crippen LogP contribution in [0.5, 0.6) is 0 Å². The quantitative estimate of drug-likeness (QED) is 0.115. The number of imide groups is 1. The molecule has 10 nitrogen and oxygen atoms in total. The number of hydrogen-bond acceptors (Lipinski definition) is 9. The molecule has 0 saturated heterocycles. The molecule has 3 atom stereocenters. The van der Waals surface area contributed by atoms with E-state index >= 15 is 13.2 Å². The third-order valence-corrected chi connectivity index (χ3v) is 12.0. The molecular weight excluding hydrogens is 770 g/mol. The van der Waals surface area contributed by atoms with Crippen molar-refractivity contribution in [2.24, 2.45) is 11.1 Å². The summed E-state index contributed by atoms with van der Waals surface area (Å²) in [6.45, 7) is 2.95. The molecule has 1 aromatic heterocycles. The molecule has 3 aromatic carbocycles. The lowest BCUT2D eigenvalue weighted by molar-refractivity contribution is -0.186. The lowest BCUT2D eigenvalue weighted by Gasteiger charge is -2.34. The van der Waals surface area contributed by atoms with Gasteiger partial charge in [-0.25, -0.2) is 26.9 Å². The van der Waals surface area contributed by atoms with Crippen molar-refractivity contribution < 1.29 is 54.9 Å². The van der Waals surface area contributed by atoms with Gasteiger partial charge in [-0.3, -0.25) is 4.79 Å². The number of nitrogens with two attached hydrogens (primary N) is 1. The maximum absolute atomic E-state index is 15.2. The van der Waals surface area contributed by atoms with Gasteiger partial charge in [-0.05, 0) is 47.2 Å². The highest BCUT2D eigenvalue weighted by molar-refractivity contribution is 7.89. The van der Waals surface area contributed by atoms with Crippen molar-refractivity contribution in [1.82, 2.24) is 9.21 Å². The van der Waals surface area contributed by atoms with Crippen molar-refractivity contribution in [3.8, 4) is 0 Å². The number of carbonyl (C=O) groups is 2. The van der Waals surface area contributed by atoms with Crippen molar-refractivity contribution in [2.75, 3.05) is 20.3 Å². The van der Waals surface area contributed by atoms with E-state index in [1.165, 1.54) is 0 Å². The van der Waals surface area contributed by atoms with Crippen molar-refractivity contribution in [1.29, 1.82) is 0 Å². The minimum atomic E-state index is -5.32. The first-order chi connectivity index (χ1) is 25.8. The number of nitrogens with zero attached hydrogens (tertiary/aromatic N) is 2. The average Bonchev–Trinajstić information content (AvgIpc) is 3.60. The van der Waals surface area contributed by atoms with Crippen molar-refractivity contribution in [2.45, 2.75) is 68.9 Å². The number of thiophene rings is 1. The maximum atomic E-state index is 15.2. The van der Waals surface area contributed by atoms with Crippen LogP contribution in [0.15, 0.2) is 89.8 Å². The topological polar surface area (TPSA) is 150 Å². The lowest BCUT2D eigenvalue weighted by atomic mass is 9.84. The van der Waals surface area contributed by atoms with E-state index in [0.29, 0.717) is 34.6 Å². The second-order valence-electron chi connectivity index (χ2n) is 13.8. The number of benzene rings is 3. The van der Waals surface area contributed by atoms with Crippen LogP contribution in [0.4, 0.5) is 26.7 Å². The highest BCUT2D eigenvalue weighted by Gasteiger charge is 2.52. The normalized spacial score (nSPS) is 14.1. The number of hydrogen-bond donors (Lipinski definition) is 3. The first-order valence-corrected chi connectivity index (χ1v) is 19.2. The second kappa shape index (κ2) is 17.7. The van der Waals surface area contributed by atoms with Crippen molar-refractivity contribution in [3.63, 3.8) is 0 Å². The number of carbonyl (C=O) groups excluding carboxylic acids is 2. The molecule has 0 aliphatic heterocycles. The molecule has 4 rings (SSSR count). The van der Waals surface area contributed by atoms with Gasteiger partial charge >= 0.3 is 12.3 Å². The molecule has 4 N–H and O–H groups in total. The molecular formula is C38H42F5N3O7S2. The summed E-state index contributed by atoms with van der Waals surface area (Å²) in [7, 11) is -4.07. The predicted octanol–water partition coefficient (Wildman–Crippen LogP) is 7.04. The Morgan fingerprint density at radius 2 is 1.38 bits per heavy atom. The third kappa shape index (κ3) is 9.95. The first-order valence-electron chi connectivity index (χ1n) is 16.9. The molecule has 0 radical (unpaired) electrons. The third-order valence-electron chi connectivity index (χ3n) is 8.87. The molecule has 0 aliphatic carbocycles. The molecule has 0 aliphatic rings. The lowest BCUT2D eigenvalue weighted by Crippen LogP contribution is -2.53. The van der Waals surface area contributed by atoms with Crippen LogP contribution in [0.2, 0.25) is 0 Å². The predicted molar refractivity (Wildman–Crippen MR) is 195 cm³/mol. The van der Waals surface area contributed by atoms with Crippen LogP contribution in [0.3, 0.4) is 0 Å². The zero-order valence-corrected chi connectivity index (χ0v) is 32.0. The Morgan fingerprint density at radius 1 is 0.873 bits per heavy atom. The van der Waals surface area contributed by atoms with Crippen LogP contribution >= 0.6 is 11.3 Å². The summed E-state index contributed by atoms with van der Waals surface area (Å²) in [5.74, 6) is -5.13. The summed E-state index contributed by atoms with van der Waals surface area (Å²) in [5.41, 5.74) is 6.13. The molecule has 2 amide bonds. The molecule has 298 valence electrons. The van der Waals surface area contributed by atoms with E-state index in [4.69, 9.17) is 10.5 Å². The number of ether oxygens (including phenoxy) is 1. The van der Waals surface area contributed by atoms with Crippen LogP contribution in [0.25, 0.3) is 0 Å². The van der Waals surface area contributed by atoms with Crippen LogP contribution in [-0.2, 0) is 26.2 Å². The highest BCUT2D eigenvalue weighted by atomic mass is 32.2. The SMILES string of the molecule is COC(=O)N(C(=O)[C@@H](N)C(c1ccccc1)c1ccccc1)[C@H](c1ccc([C@@H](CO)N(CCC(C)(C)C)S(=O)(=O)c2cc(F)c(CO)c(F)c2)s1)C(F)(F)F. The smallest absolute Gasteiger partial charge is 0.417 e. The minimum absolute atomic E-state index is 0.116. The summed E-state index contributed by atoms with van der Waals surface area (Å²) in [6, 6.07) is 13.3. The van der Waals surface area contributed by atoms with E-state index < -0.39 is 97.8 Å². The summed E-state index contributed by atoms with van der Waals surface area (Å²) < 4.78 is 109. The number of amides is 2. The number of sulfonamides is 1. The van der Waals surface area contributed by atoms with Gasteiger partial charge in [0.05, 0.1) is 37.3 Å². The van der Waals surface area contributed by atoms with Gasteiger partial charge in [-0.2, -0.15) is 17.5 Å². The van der Waals surface area contributed by atoms with E-state index in [2.05, 4.69) is 0 Å². The molecule has 0 bridgehead atoms. The van der Waals surface area contributed by atoms with Crippen LogP contribution in [0, 0.1) is 17.0 Å². The standard InChI is InChI=1S/C38H42F5N3O7S2/c1-37(2,3)17-18-45(55(51,52)25-19-27(39)26(21-47)28(40)20-25)29(22-48)30-15-16-31(54-30)34(38(41,42)43)46(36(50)53-4)35(49)33(44)32(23-11-7-5-8-12-23)24-13-9-6-10-14-24/h5-16,19-20,29,32-34,47-48H,17-18,21-22,44H2,1-4H3/t29-,33+,34-/m1/s1. The zero-order valence-electron chi connectivity index (χ0n) is 30.3. The Balaban J connectivity index is 1.83. The Morgan fingerprint density at radius 3 is 1.82 bits per heavy atom. The average molecular weight is 812 g/mol. The number of alkyl halides is 3. The Hall–Kier alpha value is -4.26. The first kappa shape index (κ1) is 43.5. The number of aliphatic hydroxyl groups is 2. The number of halogens is 5. The van der Waals surface area contributed by atoms with E-state index in [1.807, 2.05) is 0 Å². The largest absolute Gasteiger partial charge is 0.452 e. The fourth-order valence-electron chi connectivity index (χ4n) is 6.01. The molecule has 0 fully saturated rings. The molecule has 1 heterocycles. The molecule has 4 aromatic rings. The van der Waals surface area contributed by atoms with Gasteiger partial charge in [0.2, 0.25) is 10.0 Å². The van der Waals surface area contributed by atoms with E-state index in [1.54, 1.807) is 81.4 Å². The van der Waals surface area contributed by atoms with Gasteiger partial charge in [0, 0.05) is 27.8 Å². The maximum Gasteiger partial charge on any atom is 0.417 e. The van der Waals surface area contributed by atoms with Crippen molar-refractivity contribution in [3.05, 3.63) is 123 Å². The summed E-state index contributed by atoms with van der Waals surface area (Å²) in [5, 5.41) is 19.9. The van der Waals surface area contributed by atoms with Crippen LogP contribution in [-0.4, -0.2) is 72.3 Å². The fraction of sp³-hybridized carbons (Fsp3) is 0.368. The van der Waals surface area contributed by atoms with Gasteiger partial charge < -0.3 is 20.7 Å². The molecule has 0 unspecified atom stereocenters. The monoisotopic (exact) mass is 811 g/mol. The van der Waals surface area contributed by atoms with Gasteiger partial charge in [-0.1, -0.05) is 81.4 Å². The van der Waals surface area contributed by atoms with Gasteiger partial charge in [0.25, 0.3) is 5.91 Å². The summed E-state index contributed by atoms with van der Waals surface area (Å²) in [6.07, 6.45) is -6.85.